The van der Waals surface area contributed by atoms with Gasteiger partial charge in [0.1, 0.15) is 0 Å². The zero-order valence-corrected chi connectivity index (χ0v) is 14.3. The molecule has 0 radical (unpaired) electrons. The standard InChI is InChI=1S/C20H13F2N5O/c21-12-6-3-5-10(16(12)22)17-11-8-24-20-15(11)14(18(19(23)28)26-27-20)9-4-1-2-7-13(9)25-17/h1-8,17,25H,(H2,23,28)(H,24,27). The Kier molecular flexibility index (Phi) is 3.42. The topological polar surface area (TPSA) is 96.7 Å². The number of anilines is 1. The highest BCUT2D eigenvalue weighted by molar-refractivity contribution is 6.10. The molecule has 1 amide bonds. The van der Waals surface area contributed by atoms with Crippen molar-refractivity contribution in [2.75, 3.05) is 5.32 Å². The number of amides is 1. The van der Waals surface area contributed by atoms with Crippen LogP contribution in [0.4, 0.5) is 14.5 Å². The first-order valence-electron chi connectivity index (χ1n) is 8.53. The molecular formula is C20H13F2N5O. The van der Waals surface area contributed by atoms with E-state index in [2.05, 4.69) is 20.5 Å². The first kappa shape index (κ1) is 16.4. The molecule has 4 aromatic rings. The summed E-state index contributed by atoms with van der Waals surface area (Å²) in [6, 6.07) is 10.6. The molecule has 0 saturated heterocycles. The Balaban J connectivity index is 1.91. The van der Waals surface area contributed by atoms with Crippen LogP contribution in [0.2, 0.25) is 0 Å². The summed E-state index contributed by atoms with van der Waals surface area (Å²) in [6.45, 7) is 0. The van der Waals surface area contributed by atoms with Gasteiger partial charge < -0.3 is 16.0 Å². The molecule has 1 aliphatic heterocycles. The van der Waals surface area contributed by atoms with Gasteiger partial charge in [0.15, 0.2) is 23.0 Å². The second-order valence-corrected chi connectivity index (χ2v) is 6.52. The average Bonchev–Trinajstić information content (AvgIpc) is 3.05. The lowest BCUT2D eigenvalue weighted by molar-refractivity contribution is 0.0995. The monoisotopic (exact) mass is 377 g/mol. The van der Waals surface area contributed by atoms with Gasteiger partial charge in [-0.1, -0.05) is 30.3 Å². The Morgan fingerprint density at radius 2 is 1.86 bits per heavy atom. The molecule has 138 valence electrons. The number of benzene rings is 2. The van der Waals surface area contributed by atoms with Crippen molar-refractivity contribution in [2.24, 2.45) is 5.73 Å². The van der Waals surface area contributed by atoms with Crippen LogP contribution in [0.1, 0.15) is 27.7 Å². The Labute approximate surface area is 157 Å². The number of nitrogens with two attached hydrogens (primary N) is 1. The fraction of sp³-hybridized carbons (Fsp3) is 0.0500. The van der Waals surface area contributed by atoms with E-state index >= 15 is 0 Å². The fourth-order valence-electron chi connectivity index (χ4n) is 3.75. The Hall–Kier alpha value is -3.81. The van der Waals surface area contributed by atoms with E-state index in [-0.39, 0.29) is 11.3 Å². The second kappa shape index (κ2) is 5.85. The van der Waals surface area contributed by atoms with Gasteiger partial charge in [-0.3, -0.25) is 4.79 Å². The molecule has 2 aromatic heterocycles. The minimum atomic E-state index is -0.938. The maximum Gasteiger partial charge on any atom is 0.269 e. The third kappa shape index (κ3) is 2.21. The maximum absolute atomic E-state index is 14.6. The van der Waals surface area contributed by atoms with Crippen molar-refractivity contribution in [1.82, 2.24) is 15.2 Å². The van der Waals surface area contributed by atoms with Crippen LogP contribution in [0, 0.1) is 11.6 Å². The van der Waals surface area contributed by atoms with Crippen LogP contribution in [0.15, 0.2) is 48.7 Å². The van der Waals surface area contributed by atoms with E-state index in [9.17, 15) is 13.6 Å². The number of nitrogens with one attached hydrogen (secondary N) is 2. The number of primary amides is 1. The van der Waals surface area contributed by atoms with Crippen molar-refractivity contribution in [2.45, 2.75) is 6.04 Å². The summed E-state index contributed by atoms with van der Waals surface area (Å²) in [5, 5.41) is 11.9. The summed E-state index contributed by atoms with van der Waals surface area (Å²) in [5.41, 5.74) is 8.57. The van der Waals surface area contributed by atoms with Crippen LogP contribution in [-0.2, 0) is 0 Å². The van der Waals surface area contributed by atoms with Gasteiger partial charge in [-0.05, 0) is 12.1 Å². The molecule has 0 aliphatic carbocycles. The number of hydrogen-bond acceptors (Lipinski definition) is 4. The number of H-pyrrole nitrogens is 1. The number of aromatic nitrogens is 3. The van der Waals surface area contributed by atoms with Crippen molar-refractivity contribution >= 4 is 22.6 Å². The van der Waals surface area contributed by atoms with E-state index in [0.717, 1.165) is 6.07 Å². The molecule has 2 aromatic carbocycles. The molecule has 5 rings (SSSR count). The number of carbonyl (C=O) groups is 1. The first-order chi connectivity index (χ1) is 13.6. The zero-order chi connectivity index (χ0) is 19.4. The number of aromatic amines is 1. The Bertz CT molecular complexity index is 1270. The van der Waals surface area contributed by atoms with Crippen molar-refractivity contribution in [3.63, 3.8) is 0 Å². The van der Waals surface area contributed by atoms with Crippen LogP contribution < -0.4 is 11.1 Å². The lowest BCUT2D eigenvalue weighted by atomic mass is 9.95. The van der Waals surface area contributed by atoms with Crippen molar-refractivity contribution in [1.29, 1.82) is 0 Å². The number of nitrogens with zero attached hydrogens (tertiary/aromatic N) is 2. The van der Waals surface area contributed by atoms with Crippen LogP contribution in [0.25, 0.3) is 22.2 Å². The molecule has 6 nitrogen and oxygen atoms in total. The molecule has 4 N–H and O–H groups in total. The number of rotatable bonds is 2. The van der Waals surface area contributed by atoms with E-state index in [1.807, 2.05) is 18.2 Å². The van der Waals surface area contributed by atoms with Gasteiger partial charge in [0.25, 0.3) is 5.91 Å². The average molecular weight is 377 g/mol. The molecule has 1 atom stereocenters. The van der Waals surface area contributed by atoms with Crippen LogP contribution in [0.5, 0.6) is 0 Å². The number of para-hydroxylation sites is 1. The summed E-state index contributed by atoms with van der Waals surface area (Å²) >= 11 is 0. The molecule has 1 unspecified atom stereocenters. The largest absolute Gasteiger partial charge is 0.373 e. The molecule has 0 fully saturated rings. The SMILES string of the molecule is NC(=O)c1nnc2[nH]cc3c2c1-c1ccccc1NC3c1cccc(F)c1F. The van der Waals surface area contributed by atoms with Gasteiger partial charge in [-0.15, -0.1) is 10.2 Å². The minimum Gasteiger partial charge on any atom is -0.373 e. The van der Waals surface area contributed by atoms with Gasteiger partial charge in [-0.2, -0.15) is 0 Å². The highest BCUT2D eigenvalue weighted by atomic mass is 19.2. The van der Waals surface area contributed by atoms with Crippen LogP contribution in [-0.4, -0.2) is 21.1 Å². The molecule has 3 heterocycles. The van der Waals surface area contributed by atoms with E-state index in [1.54, 1.807) is 12.3 Å². The summed E-state index contributed by atoms with van der Waals surface area (Å²) in [4.78, 5) is 15.0. The molecular weight excluding hydrogens is 364 g/mol. The van der Waals surface area contributed by atoms with Crippen molar-refractivity contribution in [3.8, 4) is 11.1 Å². The number of fused-ring (bicyclic) bond motifs is 2. The smallest absolute Gasteiger partial charge is 0.269 e. The summed E-state index contributed by atoms with van der Waals surface area (Å²) in [5.74, 6) is -2.59. The third-order valence-corrected chi connectivity index (χ3v) is 4.96. The minimum absolute atomic E-state index is 0.0166. The van der Waals surface area contributed by atoms with E-state index in [1.165, 1.54) is 12.1 Å². The van der Waals surface area contributed by atoms with Crippen LogP contribution >= 0.6 is 0 Å². The Morgan fingerprint density at radius 1 is 1.04 bits per heavy atom. The highest BCUT2D eigenvalue weighted by Crippen LogP contribution is 2.44. The second-order valence-electron chi connectivity index (χ2n) is 6.52. The van der Waals surface area contributed by atoms with Crippen LogP contribution in [0.3, 0.4) is 0 Å². The molecule has 0 spiro atoms. The highest BCUT2D eigenvalue weighted by Gasteiger charge is 2.31. The van der Waals surface area contributed by atoms with Gasteiger partial charge in [-0.25, -0.2) is 8.78 Å². The van der Waals surface area contributed by atoms with Gasteiger partial charge in [0, 0.05) is 39.5 Å². The van der Waals surface area contributed by atoms with E-state index in [4.69, 9.17) is 5.73 Å². The molecule has 8 heteroatoms. The van der Waals surface area contributed by atoms with Crippen molar-refractivity contribution < 1.29 is 13.6 Å². The number of carbonyl (C=O) groups excluding carboxylic acids is 1. The molecule has 28 heavy (non-hydrogen) atoms. The lowest BCUT2D eigenvalue weighted by Crippen LogP contribution is -2.15. The molecule has 0 bridgehead atoms. The molecule has 1 aliphatic rings. The Morgan fingerprint density at radius 3 is 2.68 bits per heavy atom. The molecule has 0 saturated carbocycles. The van der Waals surface area contributed by atoms with Gasteiger partial charge in [0.2, 0.25) is 0 Å². The normalized spacial score (nSPS) is 15.0. The van der Waals surface area contributed by atoms with Gasteiger partial charge in [0.05, 0.1) is 6.04 Å². The fourth-order valence-corrected chi connectivity index (χ4v) is 3.75. The van der Waals surface area contributed by atoms with Crippen molar-refractivity contribution in [3.05, 3.63) is 77.1 Å². The van der Waals surface area contributed by atoms with E-state index < -0.39 is 23.6 Å². The lowest BCUT2D eigenvalue weighted by Gasteiger charge is -2.20. The summed E-state index contributed by atoms with van der Waals surface area (Å²) < 4.78 is 28.6. The maximum atomic E-state index is 14.6. The summed E-state index contributed by atoms with van der Waals surface area (Å²) in [7, 11) is 0. The predicted octanol–water partition coefficient (Wildman–Crippen LogP) is 3.52. The number of hydrogen-bond donors (Lipinski definition) is 3. The summed E-state index contributed by atoms with van der Waals surface area (Å²) in [6.07, 6.45) is 1.65. The zero-order valence-electron chi connectivity index (χ0n) is 14.3. The third-order valence-electron chi connectivity index (χ3n) is 4.96. The number of halogens is 2. The quantitative estimate of drug-likeness (QED) is 0.498. The van der Waals surface area contributed by atoms with E-state index in [0.29, 0.717) is 33.4 Å². The predicted molar refractivity (Wildman–Crippen MR) is 99.7 cm³/mol. The first-order valence-corrected chi connectivity index (χ1v) is 8.53. The van der Waals surface area contributed by atoms with Gasteiger partial charge >= 0.3 is 0 Å².